The van der Waals surface area contributed by atoms with Crippen molar-refractivity contribution in [2.45, 2.75) is 6.54 Å². The Hall–Kier alpha value is -4.34. The van der Waals surface area contributed by atoms with Gasteiger partial charge in [0, 0.05) is 24.5 Å². The van der Waals surface area contributed by atoms with E-state index in [2.05, 4.69) is 25.7 Å². The molecule has 144 valence electrons. The second kappa shape index (κ2) is 7.72. The van der Waals surface area contributed by atoms with Gasteiger partial charge >= 0.3 is 11.8 Å². The number of nitrogens with two attached hydrogens (primary N) is 1. The number of pyridine rings is 1. The number of nitrogens with one attached hydrogen (secondary N) is 1. The van der Waals surface area contributed by atoms with Gasteiger partial charge in [-0.1, -0.05) is 41.6 Å². The van der Waals surface area contributed by atoms with Crippen molar-refractivity contribution in [1.82, 2.24) is 25.7 Å². The molecule has 0 radical (unpaired) electrons. The van der Waals surface area contributed by atoms with Crippen LogP contribution in [-0.2, 0) is 6.54 Å². The van der Waals surface area contributed by atoms with E-state index < -0.39 is 11.7 Å². The summed E-state index contributed by atoms with van der Waals surface area (Å²) in [5.41, 5.74) is 7.12. The van der Waals surface area contributed by atoms with Gasteiger partial charge in [-0.05, 0) is 11.6 Å². The number of hydrogen-bond donors (Lipinski definition) is 2. The van der Waals surface area contributed by atoms with E-state index in [0.29, 0.717) is 5.56 Å². The van der Waals surface area contributed by atoms with Gasteiger partial charge in [-0.3, -0.25) is 14.6 Å². The molecular weight excluding hydrogens is 376 g/mol. The first-order chi connectivity index (χ1) is 14.1. The summed E-state index contributed by atoms with van der Waals surface area (Å²) in [7, 11) is 0. The zero-order valence-electron chi connectivity index (χ0n) is 14.9. The summed E-state index contributed by atoms with van der Waals surface area (Å²) < 4.78 is 10.4. The minimum absolute atomic E-state index is 0.0110. The van der Waals surface area contributed by atoms with Gasteiger partial charge in [0.25, 0.3) is 5.89 Å². The Bertz CT molecular complexity index is 1150. The zero-order chi connectivity index (χ0) is 20.2. The molecule has 0 aliphatic heterocycles. The molecule has 29 heavy (non-hydrogen) atoms. The summed E-state index contributed by atoms with van der Waals surface area (Å²) in [5.74, 6) is -1.56. The maximum atomic E-state index is 12.5. The van der Waals surface area contributed by atoms with Crippen LogP contribution in [0.15, 0.2) is 63.8 Å². The number of carbonyl (C=O) groups is 2. The Morgan fingerprint density at radius 2 is 1.90 bits per heavy atom. The van der Waals surface area contributed by atoms with E-state index in [1.807, 2.05) is 6.07 Å². The third kappa shape index (κ3) is 3.72. The highest BCUT2D eigenvalue weighted by molar-refractivity contribution is 6.11. The van der Waals surface area contributed by atoms with E-state index >= 15 is 0 Å². The van der Waals surface area contributed by atoms with Crippen molar-refractivity contribution in [3.63, 3.8) is 0 Å². The quantitative estimate of drug-likeness (QED) is 0.470. The lowest BCUT2D eigenvalue weighted by atomic mass is 10.1. The van der Waals surface area contributed by atoms with Gasteiger partial charge in [0.1, 0.15) is 5.69 Å². The zero-order valence-corrected chi connectivity index (χ0v) is 14.9. The Balaban J connectivity index is 1.50. The number of aromatic nitrogens is 4. The minimum Gasteiger partial charge on any atom is -0.410 e. The first-order valence-corrected chi connectivity index (χ1v) is 8.49. The summed E-state index contributed by atoms with van der Waals surface area (Å²) in [6, 6.07) is 12.0. The monoisotopic (exact) mass is 390 g/mol. The molecule has 4 rings (SSSR count). The number of nitrogen functional groups attached to an aromatic ring is 1. The molecule has 1 aromatic carbocycles. The Morgan fingerprint density at radius 3 is 2.66 bits per heavy atom. The van der Waals surface area contributed by atoms with Gasteiger partial charge in [-0.2, -0.15) is 0 Å². The van der Waals surface area contributed by atoms with E-state index in [4.69, 9.17) is 14.7 Å². The van der Waals surface area contributed by atoms with E-state index in [1.165, 1.54) is 0 Å². The van der Waals surface area contributed by atoms with E-state index in [-0.39, 0.29) is 35.5 Å². The summed E-state index contributed by atoms with van der Waals surface area (Å²) in [4.78, 5) is 28.6. The number of benzene rings is 1. The summed E-state index contributed by atoms with van der Waals surface area (Å²) in [6.45, 7) is 0.242. The molecule has 0 bridgehead atoms. The Labute approximate surface area is 163 Å². The summed E-state index contributed by atoms with van der Waals surface area (Å²) in [6.07, 6.45) is 3.26. The van der Waals surface area contributed by atoms with Crippen molar-refractivity contribution >= 4 is 17.4 Å². The number of nitrogens with zero attached hydrogens (tertiary/aromatic N) is 4. The fourth-order valence-corrected chi connectivity index (χ4v) is 2.51. The molecule has 0 fully saturated rings. The number of hydrogen-bond acceptors (Lipinski definition) is 9. The van der Waals surface area contributed by atoms with Crippen LogP contribution in [-0.4, -0.2) is 32.0 Å². The van der Waals surface area contributed by atoms with Crippen molar-refractivity contribution < 1.29 is 18.5 Å². The number of anilines is 1. The fourth-order valence-electron chi connectivity index (χ4n) is 2.51. The normalized spacial score (nSPS) is 10.6. The molecule has 10 heteroatoms. The lowest BCUT2D eigenvalue weighted by molar-refractivity contribution is 0.0916. The molecule has 10 nitrogen and oxygen atoms in total. The van der Waals surface area contributed by atoms with Crippen LogP contribution in [0.2, 0.25) is 0 Å². The molecule has 0 saturated carbocycles. The molecule has 0 aliphatic carbocycles. The van der Waals surface area contributed by atoms with Crippen molar-refractivity contribution in [3.05, 3.63) is 77.6 Å². The van der Waals surface area contributed by atoms with E-state index in [9.17, 15) is 9.59 Å². The van der Waals surface area contributed by atoms with Gasteiger partial charge in [0.2, 0.25) is 11.5 Å². The Kier molecular flexibility index (Phi) is 4.81. The molecule has 4 aromatic rings. The molecule has 0 aliphatic rings. The first kappa shape index (κ1) is 18.0. The highest BCUT2D eigenvalue weighted by atomic mass is 16.5. The number of amides is 1. The summed E-state index contributed by atoms with van der Waals surface area (Å²) in [5, 5.41) is 13.8. The van der Waals surface area contributed by atoms with Crippen LogP contribution in [0.4, 0.5) is 5.69 Å². The highest BCUT2D eigenvalue weighted by Gasteiger charge is 2.26. The lowest BCUT2D eigenvalue weighted by Gasteiger charge is -2.01. The minimum atomic E-state index is -0.574. The molecule has 3 heterocycles. The maximum absolute atomic E-state index is 12.5. The van der Waals surface area contributed by atoms with Gasteiger partial charge in [-0.25, -0.2) is 0 Å². The van der Waals surface area contributed by atoms with Gasteiger partial charge in [0.15, 0.2) is 5.69 Å². The second-order valence-corrected chi connectivity index (χ2v) is 5.93. The van der Waals surface area contributed by atoms with Crippen LogP contribution in [0.3, 0.4) is 0 Å². The number of carbonyl (C=O) groups excluding carboxylic acids is 2. The number of rotatable bonds is 6. The molecule has 0 saturated heterocycles. The highest BCUT2D eigenvalue weighted by Crippen LogP contribution is 2.28. The van der Waals surface area contributed by atoms with Crippen LogP contribution < -0.4 is 11.1 Å². The van der Waals surface area contributed by atoms with Crippen molar-refractivity contribution in [3.8, 4) is 11.6 Å². The third-order valence-electron chi connectivity index (χ3n) is 3.97. The van der Waals surface area contributed by atoms with Crippen LogP contribution in [0.5, 0.6) is 0 Å². The van der Waals surface area contributed by atoms with Crippen molar-refractivity contribution in [2.75, 3.05) is 5.73 Å². The smallest absolute Gasteiger partial charge is 0.309 e. The van der Waals surface area contributed by atoms with E-state index in [0.717, 1.165) is 5.56 Å². The predicted octanol–water partition coefficient (Wildman–Crippen LogP) is 1.86. The van der Waals surface area contributed by atoms with Crippen molar-refractivity contribution in [1.29, 1.82) is 0 Å². The van der Waals surface area contributed by atoms with E-state index in [1.54, 1.807) is 48.8 Å². The third-order valence-corrected chi connectivity index (χ3v) is 3.97. The fraction of sp³-hybridized carbons (Fsp3) is 0.0526. The molecule has 0 atom stereocenters. The van der Waals surface area contributed by atoms with Crippen molar-refractivity contribution in [2.24, 2.45) is 0 Å². The SMILES string of the molecule is Nc1c(-c2nnc(C(=O)NCc3cccnc3)o2)noc1C(=O)c1ccccc1. The molecule has 1 amide bonds. The topological polar surface area (TPSA) is 150 Å². The molecule has 3 aromatic heterocycles. The largest absolute Gasteiger partial charge is 0.410 e. The first-order valence-electron chi connectivity index (χ1n) is 8.49. The van der Waals surface area contributed by atoms with Gasteiger partial charge in [0.05, 0.1) is 0 Å². The van der Waals surface area contributed by atoms with Crippen LogP contribution in [0, 0.1) is 0 Å². The van der Waals surface area contributed by atoms with Crippen LogP contribution >= 0.6 is 0 Å². The number of ketones is 1. The molecule has 3 N–H and O–H groups in total. The molecule has 0 unspecified atom stereocenters. The maximum Gasteiger partial charge on any atom is 0.309 e. The van der Waals surface area contributed by atoms with Gasteiger partial charge in [-0.15, -0.1) is 10.2 Å². The van der Waals surface area contributed by atoms with Crippen LogP contribution in [0.1, 0.15) is 32.4 Å². The lowest BCUT2D eigenvalue weighted by Crippen LogP contribution is -2.23. The standard InChI is InChI=1S/C19H14N6O4/c20-13-14(25-29-16(13)15(26)12-6-2-1-3-7-12)18-23-24-19(28-18)17(27)22-10-11-5-4-8-21-9-11/h1-9H,10,20H2,(H,22,27). The molecule has 0 spiro atoms. The average Bonchev–Trinajstić information content (AvgIpc) is 3.40. The molecular formula is C19H14N6O4. The second-order valence-electron chi connectivity index (χ2n) is 5.93. The van der Waals surface area contributed by atoms with Crippen LogP contribution in [0.25, 0.3) is 11.6 Å². The average molecular weight is 390 g/mol. The van der Waals surface area contributed by atoms with Gasteiger partial charge < -0.3 is 20.0 Å². The predicted molar refractivity (Wildman–Crippen MR) is 99.5 cm³/mol. The summed E-state index contributed by atoms with van der Waals surface area (Å²) >= 11 is 0. The Morgan fingerprint density at radius 1 is 1.07 bits per heavy atom.